The number of nitrogens with zero attached hydrogens (tertiary/aromatic N) is 2. The molecule has 1 N–H and O–H groups in total. The molecular formula is C18H27N3. The largest absolute Gasteiger partial charge is 0.300 e. The molecule has 1 aromatic rings. The Morgan fingerprint density at radius 2 is 2.10 bits per heavy atom. The third kappa shape index (κ3) is 3.84. The highest BCUT2D eigenvalue weighted by Crippen LogP contribution is 2.26. The quantitative estimate of drug-likeness (QED) is 0.836. The average Bonchev–Trinajstić information content (AvgIpc) is 3.00. The van der Waals surface area contributed by atoms with Crippen LogP contribution in [-0.2, 0) is 5.54 Å². The lowest BCUT2D eigenvalue weighted by molar-refractivity contribution is 0.242. The van der Waals surface area contributed by atoms with Gasteiger partial charge in [0.25, 0.3) is 0 Å². The molecule has 2 rings (SSSR count). The molecule has 0 aliphatic carbocycles. The van der Waals surface area contributed by atoms with Crippen molar-refractivity contribution in [2.75, 3.05) is 26.2 Å². The van der Waals surface area contributed by atoms with Gasteiger partial charge in [0.2, 0.25) is 0 Å². The Balaban J connectivity index is 2.18. The Morgan fingerprint density at radius 1 is 1.33 bits per heavy atom. The van der Waals surface area contributed by atoms with Gasteiger partial charge in [0.15, 0.2) is 0 Å². The smallest absolute Gasteiger partial charge is 0.145 e. The summed E-state index contributed by atoms with van der Waals surface area (Å²) in [6, 6.07) is 12.8. The summed E-state index contributed by atoms with van der Waals surface area (Å²) in [5.74, 6) is 0.795. The van der Waals surface area contributed by atoms with E-state index in [1.807, 2.05) is 18.2 Å². The molecule has 1 heterocycles. The summed E-state index contributed by atoms with van der Waals surface area (Å²) in [6.07, 6.45) is 3.54. The summed E-state index contributed by atoms with van der Waals surface area (Å²) in [5, 5.41) is 13.4. The molecule has 0 amide bonds. The van der Waals surface area contributed by atoms with Crippen LogP contribution >= 0.6 is 0 Å². The van der Waals surface area contributed by atoms with Crippen molar-refractivity contribution in [1.82, 2.24) is 10.2 Å². The Bertz CT molecular complexity index is 465. The predicted octanol–water partition coefficient (Wildman–Crippen LogP) is 3.14. The highest BCUT2D eigenvalue weighted by molar-refractivity contribution is 5.32. The monoisotopic (exact) mass is 285 g/mol. The summed E-state index contributed by atoms with van der Waals surface area (Å²) < 4.78 is 0. The first-order chi connectivity index (χ1) is 10.2. The highest BCUT2D eigenvalue weighted by atomic mass is 15.2. The topological polar surface area (TPSA) is 39.1 Å². The van der Waals surface area contributed by atoms with Crippen molar-refractivity contribution >= 4 is 0 Å². The Hall–Kier alpha value is -1.37. The predicted molar refractivity (Wildman–Crippen MR) is 86.9 cm³/mol. The zero-order valence-corrected chi connectivity index (χ0v) is 13.3. The van der Waals surface area contributed by atoms with E-state index in [1.54, 1.807) is 0 Å². The van der Waals surface area contributed by atoms with Gasteiger partial charge < -0.3 is 0 Å². The summed E-state index contributed by atoms with van der Waals surface area (Å²) in [6.45, 7) is 8.29. The molecule has 1 aromatic carbocycles. The van der Waals surface area contributed by atoms with Crippen molar-refractivity contribution < 1.29 is 0 Å². The van der Waals surface area contributed by atoms with Gasteiger partial charge in [-0.1, -0.05) is 50.6 Å². The summed E-state index contributed by atoms with van der Waals surface area (Å²) in [4.78, 5) is 2.45. The van der Waals surface area contributed by atoms with E-state index in [2.05, 4.69) is 42.3 Å². The van der Waals surface area contributed by atoms with Gasteiger partial charge in [-0.3, -0.25) is 10.2 Å². The van der Waals surface area contributed by atoms with E-state index in [9.17, 15) is 5.26 Å². The van der Waals surface area contributed by atoms with Gasteiger partial charge >= 0.3 is 0 Å². The number of benzene rings is 1. The molecule has 0 saturated carbocycles. The second kappa shape index (κ2) is 7.59. The summed E-state index contributed by atoms with van der Waals surface area (Å²) in [5.41, 5.74) is 0.501. The SMILES string of the molecule is CCCNC(C#N)(CN1CCC(CC)C1)c1ccccc1. The molecule has 0 bridgehead atoms. The fraction of sp³-hybridized carbons (Fsp3) is 0.611. The van der Waals surface area contributed by atoms with Gasteiger partial charge in [-0.05, 0) is 37.4 Å². The lowest BCUT2D eigenvalue weighted by Crippen LogP contribution is -2.50. The molecule has 2 atom stereocenters. The van der Waals surface area contributed by atoms with Crippen molar-refractivity contribution in [2.24, 2.45) is 5.92 Å². The normalized spacial score (nSPS) is 21.9. The molecule has 2 unspecified atom stereocenters. The second-order valence-corrected chi connectivity index (χ2v) is 6.11. The van der Waals surface area contributed by atoms with E-state index in [4.69, 9.17) is 0 Å². The zero-order valence-electron chi connectivity index (χ0n) is 13.3. The first kappa shape index (κ1) is 16.0. The van der Waals surface area contributed by atoms with Gasteiger partial charge in [-0.2, -0.15) is 5.26 Å². The van der Waals surface area contributed by atoms with Gasteiger partial charge in [-0.25, -0.2) is 0 Å². The minimum Gasteiger partial charge on any atom is -0.300 e. The number of nitrogens with one attached hydrogen (secondary N) is 1. The summed E-state index contributed by atoms with van der Waals surface area (Å²) in [7, 11) is 0. The van der Waals surface area contributed by atoms with Crippen LogP contribution in [0.25, 0.3) is 0 Å². The van der Waals surface area contributed by atoms with E-state index < -0.39 is 5.54 Å². The van der Waals surface area contributed by atoms with Crippen LogP contribution < -0.4 is 5.32 Å². The van der Waals surface area contributed by atoms with Crippen LogP contribution in [-0.4, -0.2) is 31.1 Å². The molecule has 0 radical (unpaired) electrons. The van der Waals surface area contributed by atoms with Gasteiger partial charge in [-0.15, -0.1) is 0 Å². The number of likely N-dealkylation sites (tertiary alicyclic amines) is 1. The van der Waals surface area contributed by atoms with Crippen LogP contribution in [0, 0.1) is 17.2 Å². The van der Waals surface area contributed by atoms with Crippen molar-refractivity contribution in [3.05, 3.63) is 35.9 Å². The van der Waals surface area contributed by atoms with Crippen LogP contribution in [0.1, 0.15) is 38.7 Å². The lowest BCUT2D eigenvalue weighted by Gasteiger charge is -2.33. The molecule has 21 heavy (non-hydrogen) atoms. The molecule has 1 aliphatic rings. The van der Waals surface area contributed by atoms with Gasteiger partial charge in [0, 0.05) is 13.1 Å². The number of rotatable bonds is 7. The van der Waals surface area contributed by atoms with Crippen LogP contribution in [0.2, 0.25) is 0 Å². The van der Waals surface area contributed by atoms with E-state index >= 15 is 0 Å². The number of hydrogen-bond donors (Lipinski definition) is 1. The van der Waals surface area contributed by atoms with E-state index in [-0.39, 0.29) is 0 Å². The van der Waals surface area contributed by atoms with Gasteiger partial charge in [0.05, 0.1) is 6.07 Å². The Morgan fingerprint density at radius 3 is 2.67 bits per heavy atom. The van der Waals surface area contributed by atoms with Crippen molar-refractivity contribution in [3.8, 4) is 6.07 Å². The first-order valence-corrected chi connectivity index (χ1v) is 8.18. The maximum Gasteiger partial charge on any atom is 0.145 e. The Labute approximate surface area is 129 Å². The molecule has 0 spiro atoms. The molecule has 114 valence electrons. The van der Waals surface area contributed by atoms with E-state index in [0.717, 1.165) is 44.1 Å². The molecule has 3 heteroatoms. The fourth-order valence-corrected chi connectivity index (χ4v) is 3.17. The van der Waals surface area contributed by atoms with Crippen molar-refractivity contribution in [3.63, 3.8) is 0 Å². The molecule has 1 aliphatic heterocycles. The number of nitriles is 1. The fourth-order valence-electron chi connectivity index (χ4n) is 3.17. The highest BCUT2D eigenvalue weighted by Gasteiger charge is 2.35. The van der Waals surface area contributed by atoms with E-state index in [0.29, 0.717) is 0 Å². The minimum absolute atomic E-state index is 0.583. The van der Waals surface area contributed by atoms with E-state index in [1.165, 1.54) is 12.8 Å². The molecule has 1 fully saturated rings. The maximum atomic E-state index is 9.90. The molecule has 3 nitrogen and oxygen atoms in total. The first-order valence-electron chi connectivity index (χ1n) is 8.18. The third-order valence-electron chi connectivity index (χ3n) is 4.54. The Kier molecular flexibility index (Phi) is 5.78. The third-order valence-corrected chi connectivity index (χ3v) is 4.54. The molecular weight excluding hydrogens is 258 g/mol. The molecule has 1 saturated heterocycles. The second-order valence-electron chi connectivity index (χ2n) is 6.11. The van der Waals surface area contributed by atoms with Crippen LogP contribution in [0.3, 0.4) is 0 Å². The minimum atomic E-state index is -0.583. The molecule has 0 aromatic heterocycles. The average molecular weight is 285 g/mol. The zero-order chi connectivity index (χ0) is 15.1. The maximum absolute atomic E-state index is 9.90. The summed E-state index contributed by atoms with van der Waals surface area (Å²) >= 11 is 0. The number of hydrogen-bond acceptors (Lipinski definition) is 3. The van der Waals surface area contributed by atoms with Crippen LogP contribution in [0.5, 0.6) is 0 Å². The van der Waals surface area contributed by atoms with Crippen LogP contribution in [0.15, 0.2) is 30.3 Å². The standard InChI is InChI=1S/C18H27N3/c1-3-11-20-18(14-19,17-8-6-5-7-9-17)15-21-12-10-16(4-2)13-21/h5-9,16,20H,3-4,10-13,15H2,1-2H3. The lowest BCUT2D eigenvalue weighted by atomic mass is 9.90. The van der Waals surface area contributed by atoms with Gasteiger partial charge in [0.1, 0.15) is 5.54 Å². The van der Waals surface area contributed by atoms with Crippen LogP contribution in [0.4, 0.5) is 0 Å². The van der Waals surface area contributed by atoms with Crippen molar-refractivity contribution in [2.45, 2.75) is 38.6 Å². The van der Waals surface area contributed by atoms with Crippen molar-refractivity contribution in [1.29, 1.82) is 5.26 Å².